The number of likely N-dealkylation sites (tertiary alicyclic amines) is 2. The fourth-order valence-corrected chi connectivity index (χ4v) is 3.19. The molecular weight excluding hydrogens is 306 g/mol. The molecule has 0 unspecified atom stereocenters. The van der Waals surface area contributed by atoms with Crippen LogP contribution in [0.2, 0.25) is 0 Å². The van der Waals surface area contributed by atoms with E-state index in [0.717, 1.165) is 51.9 Å². The van der Waals surface area contributed by atoms with Crippen molar-refractivity contribution in [2.45, 2.75) is 38.5 Å². The van der Waals surface area contributed by atoms with E-state index >= 15 is 0 Å². The largest absolute Gasteiger partial charge is 0.325 e. The normalized spacial score (nSPS) is 18.2. The zero-order valence-corrected chi connectivity index (χ0v) is 14.0. The van der Waals surface area contributed by atoms with Crippen molar-refractivity contribution >= 4 is 23.4 Å². The Morgan fingerprint density at radius 3 is 1.83 bits per heavy atom. The Bertz CT molecular complexity index is 529. The van der Waals surface area contributed by atoms with Crippen LogP contribution < -0.4 is 10.6 Å². The Hall–Kier alpha value is -2.31. The van der Waals surface area contributed by atoms with E-state index in [1.165, 1.54) is 12.8 Å². The van der Waals surface area contributed by atoms with Crippen molar-refractivity contribution in [2.75, 3.05) is 36.8 Å². The molecule has 2 saturated heterocycles. The van der Waals surface area contributed by atoms with Gasteiger partial charge in [-0.1, -0.05) is 0 Å². The van der Waals surface area contributed by atoms with Gasteiger partial charge in [0.2, 0.25) is 0 Å². The van der Waals surface area contributed by atoms with E-state index in [9.17, 15) is 9.59 Å². The number of hydrogen-bond donors (Lipinski definition) is 2. The molecule has 2 aliphatic heterocycles. The molecule has 0 bridgehead atoms. The summed E-state index contributed by atoms with van der Waals surface area (Å²) in [5.41, 5.74) is 1.13. The smallest absolute Gasteiger partial charge is 0.321 e. The topological polar surface area (TPSA) is 77.6 Å². The van der Waals surface area contributed by atoms with Crippen LogP contribution in [0.15, 0.2) is 18.5 Å². The Kier molecular flexibility index (Phi) is 5.51. The van der Waals surface area contributed by atoms with Crippen LogP contribution in [0.25, 0.3) is 0 Å². The third-order valence-corrected chi connectivity index (χ3v) is 4.59. The Balaban J connectivity index is 1.63. The van der Waals surface area contributed by atoms with Crippen molar-refractivity contribution < 1.29 is 9.59 Å². The van der Waals surface area contributed by atoms with Gasteiger partial charge >= 0.3 is 12.1 Å². The average molecular weight is 331 g/mol. The van der Waals surface area contributed by atoms with Gasteiger partial charge in [-0.2, -0.15) is 0 Å². The van der Waals surface area contributed by atoms with Crippen LogP contribution in [0.3, 0.4) is 0 Å². The lowest BCUT2D eigenvalue weighted by Crippen LogP contribution is -2.40. The number of carbonyl (C=O) groups excluding carboxylic acids is 2. The number of amides is 4. The van der Waals surface area contributed by atoms with E-state index in [4.69, 9.17) is 0 Å². The second kappa shape index (κ2) is 7.99. The molecule has 130 valence electrons. The second-order valence-corrected chi connectivity index (χ2v) is 6.38. The molecule has 24 heavy (non-hydrogen) atoms. The summed E-state index contributed by atoms with van der Waals surface area (Å²) in [5.74, 6) is 0. The van der Waals surface area contributed by atoms with Crippen molar-refractivity contribution in [3.05, 3.63) is 18.5 Å². The highest BCUT2D eigenvalue weighted by Gasteiger charge is 2.20. The summed E-state index contributed by atoms with van der Waals surface area (Å²) in [6.45, 7) is 3.13. The maximum atomic E-state index is 12.4. The van der Waals surface area contributed by atoms with Crippen molar-refractivity contribution in [1.29, 1.82) is 0 Å². The van der Waals surface area contributed by atoms with Gasteiger partial charge in [-0.05, 0) is 44.6 Å². The van der Waals surface area contributed by atoms with E-state index in [-0.39, 0.29) is 12.1 Å². The molecule has 0 spiro atoms. The number of piperidine rings is 2. The molecule has 1 aromatic rings. The van der Waals surface area contributed by atoms with Crippen LogP contribution in [-0.2, 0) is 0 Å². The highest BCUT2D eigenvalue weighted by Crippen LogP contribution is 2.22. The molecule has 2 fully saturated rings. The molecule has 7 nitrogen and oxygen atoms in total. The number of nitrogens with zero attached hydrogens (tertiary/aromatic N) is 3. The lowest BCUT2D eigenvalue weighted by molar-refractivity contribution is 0.199. The highest BCUT2D eigenvalue weighted by molar-refractivity contribution is 5.98. The summed E-state index contributed by atoms with van der Waals surface area (Å²) in [6, 6.07) is 1.47. The SMILES string of the molecule is O=C(Nc1ccncc1NC(=O)N1CCCCC1)N1CCCCC1. The number of anilines is 2. The number of hydrogen-bond acceptors (Lipinski definition) is 3. The Labute approximate surface area is 142 Å². The molecule has 7 heteroatoms. The van der Waals surface area contributed by atoms with Gasteiger partial charge in [-0.15, -0.1) is 0 Å². The van der Waals surface area contributed by atoms with Gasteiger partial charge in [0.15, 0.2) is 0 Å². The number of urea groups is 2. The third-order valence-electron chi connectivity index (χ3n) is 4.59. The van der Waals surface area contributed by atoms with Crippen molar-refractivity contribution in [1.82, 2.24) is 14.8 Å². The lowest BCUT2D eigenvalue weighted by Gasteiger charge is -2.28. The minimum atomic E-state index is -0.129. The van der Waals surface area contributed by atoms with Crippen LogP contribution >= 0.6 is 0 Å². The number of nitrogens with one attached hydrogen (secondary N) is 2. The van der Waals surface area contributed by atoms with Crippen molar-refractivity contribution in [3.63, 3.8) is 0 Å². The molecule has 0 atom stereocenters. The van der Waals surface area contributed by atoms with E-state index in [0.29, 0.717) is 11.4 Å². The number of rotatable bonds is 2. The first-order chi connectivity index (χ1) is 11.7. The molecule has 0 radical (unpaired) electrons. The fourth-order valence-electron chi connectivity index (χ4n) is 3.19. The summed E-state index contributed by atoms with van der Waals surface area (Å²) in [4.78, 5) is 32.4. The zero-order chi connectivity index (χ0) is 16.8. The van der Waals surface area contributed by atoms with Gasteiger partial charge in [0.1, 0.15) is 0 Å². The van der Waals surface area contributed by atoms with Crippen LogP contribution in [0.5, 0.6) is 0 Å². The summed E-state index contributed by atoms with van der Waals surface area (Å²) in [5, 5.41) is 5.78. The van der Waals surface area contributed by atoms with Gasteiger partial charge in [0.25, 0.3) is 0 Å². The maximum Gasteiger partial charge on any atom is 0.321 e. The number of aromatic nitrogens is 1. The van der Waals surface area contributed by atoms with Crippen LogP contribution in [0.4, 0.5) is 21.0 Å². The predicted octanol–water partition coefficient (Wildman–Crippen LogP) is 3.12. The maximum absolute atomic E-state index is 12.4. The first kappa shape index (κ1) is 16.5. The minimum absolute atomic E-state index is 0.116. The fraction of sp³-hybridized carbons (Fsp3) is 0.588. The molecule has 3 rings (SSSR count). The van der Waals surface area contributed by atoms with Gasteiger partial charge in [-0.25, -0.2) is 9.59 Å². The minimum Gasteiger partial charge on any atom is -0.325 e. The molecule has 3 heterocycles. The van der Waals surface area contributed by atoms with Crippen LogP contribution in [0.1, 0.15) is 38.5 Å². The first-order valence-electron chi connectivity index (χ1n) is 8.80. The van der Waals surface area contributed by atoms with Crippen LogP contribution in [-0.4, -0.2) is 53.0 Å². The van der Waals surface area contributed by atoms with Gasteiger partial charge in [0.05, 0.1) is 17.6 Å². The average Bonchev–Trinajstić information content (AvgIpc) is 2.64. The molecule has 1 aromatic heterocycles. The highest BCUT2D eigenvalue weighted by atomic mass is 16.2. The number of carbonyl (C=O) groups is 2. The van der Waals surface area contributed by atoms with Gasteiger partial charge in [0, 0.05) is 32.4 Å². The summed E-state index contributed by atoms with van der Waals surface area (Å²) < 4.78 is 0. The lowest BCUT2D eigenvalue weighted by atomic mass is 10.1. The Morgan fingerprint density at radius 1 is 0.792 bits per heavy atom. The molecule has 2 N–H and O–H groups in total. The predicted molar refractivity (Wildman–Crippen MR) is 93.1 cm³/mol. The quantitative estimate of drug-likeness (QED) is 0.874. The van der Waals surface area contributed by atoms with Gasteiger partial charge < -0.3 is 20.4 Å². The summed E-state index contributed by atoms with van der Waals surface area (Å²) in [6.07, 6.45) is 9.71. The van der Waals surface area contributed by atoms with Crippen molar-refractivity contribution in [2.24, 2.45) is 0 Å². The standard InChI is InChI=1S/C17H25N5O2/c23-16(21-9-3-1-4-10-21)19-14-7-8-18-13-15(14)20-17(24)22-11-5-2-6-12-22/h7-8,13H,1-6,9-12H2,(H,20,24)(H,18,19,23). The molecular formula is C17H25N5O2. The second-order valence-electron chi connectivity index (χ2n) is 6.38. The first-order valence-corrected chi connectivity index (χ1v) is 8.80. The van der Waals surface area contributed by atoms with E-state index < -0.39 is 0 Å². The molecule has 4 amide bonds. The summed E-state index contributed by atoms with van der Waals surface area (Å²) >= 11 is 0. The van der Waals surface area contributed by atoms with Crippen LogP contribution in [0, 0.1) is 0 Å². The number of pyridine rings is 1. The summed E-state index contributed by atoms with van der Waals surface area (Å²) in [7, 11) is 0. The monoisotopic (exact) mass is 331 g/mol. The third kappa shape index (κ3) is 4.15. The van der Waals surface area contributed by atoms with E-state index in [1.54, 1.807) is 18.5 Å². The van der Waals surface area contributed by atoms with E-state index in [1.807, 2.05) is 9.80 Å². The molecule has 0 aliphatic carbocycles. The zero-order valence-electron chi connectivity index (χ0n) is 14.0. The molecule has 0 aromatic carbocycles. The van der Waals surface area contributed by atoms with E-state index in [2.05, 4.69) is 15.6 Å². The molecule has 2 aliphatic rings. The Morgan fingerprint density at radius 2 is 1.29 bits per heavy atom. The molecule has 0 saturated carbocycles. The van der Waals surface area contributed by atoms with Gasteiger partial charge in [-0.3, -0.25) is 4.98 Å². The van der Waals surface area contributed by atoms with Crippen molar-refractivity contribution in [3.8, 4) is 0 Å².